The van der Waals surface area contributed by atoms with Crippen LogP contribution < -0.4 is 15.4 Å². The van der Waals surface area contributed by atoms with Gasteiger partial charge in [-0.15, -0.1) is 11.3 Å². The van der Waals surface area contributed by atoms with Gasteiger partial charge in [0.25, 0.3) is 0 Å². The number of aromatic nitrogens is 1. The van der Waals surface area contributed by atoms with Crippen molar-refractivity contribution in [1.29, 1.82) is 0 Å². The highest BCUT2D eigenvalue weighted by atomic mass is 32.1. The van der Waals surface area contributed by atoms with Gasteiger partial charge in [-0.05, 0) is 49.8 Å². The number of nitrogens with zero attached hydrogens (tertiary/aromatic N) is 1. The van der Waals surface area contributed by atoms with Crippen LogP contribution in [0.4, 0.5) is 9.93 Å². The summed E-state index contributed by atoms with van der Waals surface area (Å²) < 4.78 is 5.13. The van der Waals surface area contributed by atoms with Gasteiger partial charge in [0, 0.05) is 11.4 Å². The Morgan fingerprint density at radius 3 is 2.78 bits per heavy atom. The summed E-state index contributed by atoms with van der Waals surface area (Å²) in [6.07, 6.45) is 5.33. The second-order valence-corrected chi connectivity index (χ2v) is 6.66. The van der Waals surface area contributed by atoms with E-state index in [1.807, 2.05) is 24.3 Å². The van der Waals surface area contributed by atoms with E-state index in [1.165, 1.54) is 17.7 Å². The zero-order valence-corrected chi connectivity index (χ0v) is 14.0. The Hall–Kier alpha value is -2.08. The molecule has 1 aromatic heterocycles. The molecule has 0 radical (unpaired) electrons. The molecule has 2 N–H and O–H groups in total. The Balaban J connectivity index is 1.44. The Labute approximate surface area is 140 Å². The number of aryl methyl sites for hydroxylation is 2. The van der Waals surface area contributed by atoms with Gasteiger partial charge in [-0.3, -0.25) is 5.32 Å². The zero-order chi connectivity index (χ0) is 16.1. The molecule has 0 bridgehead atoms. The lowest BCUT2D eigenvalue weighted by Crippen LogP contribution is -2.30. The van der Waals surface area contributed by atoms with Crippen LogP contribution in [-0.4, -0.2) is 24.7 Å². The van der Waals surface area contributed by atoms with Gasteiger partial charge in [-0.1, -0.05) is 12.1 Å². The van der Waals surface area contributed by atoms with Crippen LogP contribution in [0.3, 0.4) is 0 Å². The molecule has 3 rings (SSSR count). The lowest BCUT2D eigenvalue weighted by atomic mass is 10.0. The Morgan fingerprint density at radius 1 is 1.26 bits per heavy atom. The number of fused-ring (bicyclic) bond motifs is 1. The molecule has 1 aliphatic rings. The van der Waals surface area contributed by atoms with Crippen LogP contribution in [0.2, 0.25) is 0 Å². The van der Waals surface area contributed by atoms with Gasteiger partial charge in [-0.25, -0.2) is 9.78 Å². The molecule has 1 aliphatic carbocycles. The van der Waals surface area contributed by atoms with Crippen molar-refractivity contribution in [3.05, 3.63) is 40.4 Å². The predicted octanol–water partition coefficient (Wildman–Crippen LogP) is 3.39. The van der Waals surface area contributed by atoms with E-state index in [0.717, 1.165) is 36.3 Å². The number of methoxy groups -OCH3 is 1. The van der Waals surface area contributed by atoms with Crippen molar-refractivity contribution in [3.63, 3.8) is 0 Å². The third-order valence-electron chi connectivity index (χ3n) is 3.92. The van der Waals surface area contributed by atoms with E-state index < -0.39 is 0 Å². The van der Waals surface area contributed by atoms with E-state index in [1.54, 1.807) is 18.4 Å². The summed E-state index contributed by atoms with van der Waals surface area (Å²) in [6, 6.07) is 7.68. The average molecular weight is 331 g/mol. The van der Waals surface area contributed by atoms with Crippen molar-refractivity contribution in [2.24, 2.45) is 0 Å². The monoisotopic (exact) mass is 331 g/mol. The maximum atomic E-state index is 11.9. The van der Waals surface area contributed by atoms with E-state index in [0.29, 0.717) is 11.7 Å². The second kappa shape index (κ2) is 7.46. The number of carbonyl (C=O) groups excluding carboxylic acids is 1. The second-order valence-electron chi connectivity index (χ2n) is 5.57. The first-order valence-corrected chi connectivity index (χ1v) is 8.72. The lowest BCUT2D eigenvalue weighted by Gasteiger charge is -2.06. The fourth-order valence-corrected chi connectivity index (χ4v) is 3.70. The number of benzene rings is 1. The largest absolute Gasteiger partial charge is 0.497 e. The molecule has 0 fully saturated rings. The standard InChI is InChI=1S/C17H21N3O2S/c1-22-13-8-6-12(7-9-13)10-11-18-16(21)20-17-19-14-4-2-3-5-15(14)23-17/h6-9H,2-5,10-11H2,1H3,(H2,18,19,20,21). The number of carbonyl (C=O) groups is 1. The van der Waals surface area contributed by atoms with Crippen LogP contribution in [0, 0.1) is 0 Å². The van der Waals surface area contributed by atoms with Crippen LogP contribution >= 0.6 is 11.3 Å². The predicted molar refractivity (Wildman–Crippen MR) is 92.5 cm³/mol. The molecule has 0 unspecified atom stereocenters. The molecule has 1 aromatic carbocycles. The molecule has 2 amide bonds. The zero-order valence-electron chi connectivity index (χ0n) is 13.2. The number of hydrogen-bond donors (Lipinski definition) is 2. The fraction of sp³-hybridized carbons (Fsp3) is 0.412. The van der Waals surface area contributed by atoms with Crippen LogP contribution in [0.15, 0.2) is 24.3 Å². The Kier molecular flexibility index (Phi) is 5.12. The molecule has 5 nitrogen and oxygen atoms in total. The highest BCUT2D eigenvalue weighted by Gasteiger charge is 2.16. The number of hydrogen-bond acceptors (Lipinski definition) is 4. The van der Waals surface area contributed by atoms with E-state index >= 15 is 0 Å². The fourth-order valence-electron chi connectivity index (χ4n) is 2.66. The summed E-state index contributed by atoms with van der Waals surface area (Å²) in [4.78, 5) is 17.8. The minimum atomic E-state index is -0.190. The summed E-state index contributed by atoms with van der Waals surface area (Å²) in [5.41, 5.74) is 2.32. The number of thiazole rings is 1. The normalized spacial score (nSPS) is 13.3. The van der Waals surface area contributed by atoms with Gasteiger partial charge < -0.3 is 10.1 Å². The topological polar surface area (TPSA) is 63.2 Å². The third-order valence-corrected chi connectivity index (χ3v) is 5.00. The van der Waals surface area contributed by atoms with Crippen LogP contribution in [0.5, 0.6) is 5.75 Å². The molecular weight excluding hydrogens is 310 g/mol. The molecule has 2 aromatic rings. The Morgan fingerprint density at radius 2 is 2.04 bits per heavy atom. The molecule has 0 spiro atoms. The quantitative estimate of drug-likeness (QED) is 0.883. The maximum Gasteiger partial charge on any atom is 0.321 e. The molecule has 0 saturated heterocycles. The molecule has 122 valence electrons. The number of urea groups is 1. The van der Waals surface area contributed by atoms with Gasteiger partial charge in [-0.2, -0.15) is 0 Å². The van der Waals surface area contributed by atoms with Crippen molar-refractivity contribution >= 4 is 22.5 Å². The number of amides is 2. The van der Waals surface area contributed by atoms with E-state index in [-0.39, 0.29) is 6.03 Å². The number of ether oxygens (including phenoxy) is 1. The average Bonchev–Trinajstić information content (AvgIpc) is 2.97. The van der Waals surface area contributed by atoms with Crippen LogP contribution in [0.1, 0.15) is 29.0 Å². The Bertz CT molecular complexity index is 643. The van der Waals surface area contributed by atoms with E-state index in [9.17, 15) is 4.79 Å². The molecule has 6 heteroatoms. The number of nitrogens with one attached hydrogen (secondary N) is 2. The summed E-state index contributed by atoms with van der Waals surface area (Å²) in [6.45, 7) is 0.587. The minimum absolute atomic E-state index is 0.190. The van der Waals surface area contributed by atoms with Gasteiger partial charge in [0.1, 0.15) is 5.75 Å². The number of anilines is 1. The van der Waals surface area contributed by atoms with Crippen molar-refractivity contribution in [3.8, 4) is 5.75 Å². The summed E-state index contributed by atoms with van der Waals surface area (Å²) >= 11 is 1.60. The van der Waals surface area contributed by atoms with Crippen molar-refractivity contribution in [2.75, 3.05) is 19.0 Å². The maximum absolute atomic E-state index is 11.9. The number of rotatable bonds is 5. The van der Waals surface area contributed by atoms with E-state index in [2.05, 4.69) is 15.6 Å². The lowest BCUT2D eigenvalue weighted by molar-refractivity contribution is 0.252. The first kappa shape index (κ1) is 15.8. The molecule has 0 saturated carbocycles. The van der Waals surface area contributed by atoms with Crippen molar-refractivity contribution in [1.82, 2.24) is 10.3 Å². The molecular formula is C17H21N3O2S. The summed E-state index contributed by atoms with van der Waals surface area (Å²) in [7, 11) is 1.65. The molecule has 23 heavy (non-hydrogen) atoms. The molecule has 0 atom stereocenters. The minimum Gasteiger partial charge on any atom is -0.497 e. The highest BCUT2D eigenvalue weighted by molar-refractivity contribution is 7.15. The van der Waals surface area contributed by atoms with Crippen LogP contribution in [0.25, 0.3) is 0 Å². The van der Waals surface area contributed by atoms with E-state index in [4.69, 9.17) is 4.74 Å². The summed E-state index contributed by atoms with van der Waals surface area (Å²) in [5, 5.41) is 6.42. The summed E-state index contributed by atoms with van der Waals surface area (Å²) in [5.74, 6) is 0.840. The smallest absolute Gasteiger partial charge is 0.321 e. The SMILES string of the molecule is COc1ccc(CCNC(=O)Nc2nc3c(s2)CCCC3)cc1. The van der Waals surface area contributed by atoms with Crippen LogP contribution in [-0.2, 0) is 19.3 Å². The van der Waals surface area contributed by atoms with Gasteiger partial charge in [0.05, 0.1) is 12.8 Å². The first-order valence-electron chi connectivity index (χ1n) is 7.91. The van der Waals surface area contributed by atoms with Gasteiger partial charge in [0.2, 0.25) is 0 Å². The molecule has 0 aliphatic heterocycles. The van der Waals surface area contributed by atoms with Crippen molar-refractivity contribution in [2.45, 2.75) is 32.1 Å². The van der Waals surface area contributed by atoms with Crippen molar-refractivity contribution < 1.29 is 9.53 Å². The first-order chi connectivity index (χ1) is 11.2. The molecule has 1 heterocycles. The van der Waals surface area contributed by atoms with Gasteiger partial charge >= 0.3 is 6.03 Å². The van der Waals surface area contributed by atoms with Gasteiger partial charge in [0.15, 0.2) is 5.13 Å². The highest BCUT2D eigenvalue weighted by Crippen LogP contribution is 2.29. The third kappa shape index (κ3) is 4.22.